The number of nitrogens with one attached hydrogen (secondary N) is 1. The highest BCUT2D eigenvalue weighted by molar-refractivity contribution is 5.99. The summed E-state index contributed by atoms with van der Waals surface area (Å²) in [6.07, 6.45) is 6.23. The molecule has 0 radical (unpaired) electrons. The Kier molecular flexibility index (Phi) is 4.39. The lowest BCUT2D eigenvalue weighted by atomic mass is 10.0. The first-order valence-electron chi connectivity index (χ1n) is 7.96. The number of carbonyl (C=O) groups is 1. The Morgan fingerprint density at radius 2 is 1.95 bits per heavy atom. The van der Waals surface area contributed by atoms with Crippen LogP contribution in [0, 0.1) is 0 Å². The van der Waals surface area contributed by atoms with Crippen LogP contribution in [-0.2, 0) is 0 Å². The van der Waals surface area contributed by atoms with Gasteiger partial charge in [0.2, 0.25) is 0 Å². The van der Waals surface area contributed by atoms with E-state index in [-0.39, 0.29) is 5.91 Å². The Morgan fingerprint density at radius 3 is 2.62 bits per heavy atom. The molecular formula is C16H24N4O. The van der Waals surface area contributed by atoms with Crippen molar-refractivity contribution in [3.63, 3.8) is 0 Å². The summed E-state index contributed by atoms with van der Waals surface area (Å²) in [5, 5.41) is 3.30. The summed E-state index contributed by atoms with van der Waals surface area (Å²) in [6.45, 7) is 3.69. The van der Waals surface area contributed by atoms with Gasteiger partial charge in [0.25, 0.3) is 5.91 Å². The molecule has 0 unspecified atom stereocenters. The number of piperidine rings is 1. The SMILES string of the molecule is CNC1CCN(C(=O)c2cccnc2N2CCCC2)CC1. The predicted octanol–water partition coefficient (Wildman–Crippen LogP) is 1.51. The molecule has 5 nitrogen and oxygen atoms in total. The third-order valence-corrected chi connectivity index (χ3v) is 4.61. The van der Waals surface area contributed by atoms with E-state index in [0.717, 1.165) is 50.4 Å². The number of amides is 1. The van der Waals surface area contributed by atoms with Gasteiger partial charge < -0.3 is 15.1 Å². The molecule has 3 heterocycles. The first kappa shape index (κ1) is 14.3. The Morgan fingerprint density at radius 1 is 1.24 bits per heavy atom. The molecular weight excluding hydrogens is 264 g/mol. The molecule has 2 aliphatic heterocycles. The number of hydrogen-bond donors (Lipinski definition) is 1. The molecule has 114 valence electrons. The van der Waals surface area contributed by atoms with E-state index in [1.54, 1.807) is 6.20 Å². The van der Waals surface area contributed by atoms with Gasteiger partial charge in [-0.3, -0.25) is 4.79 Å². The summed E-state index contributed by atoms with van der Waals surface area (Å²) in [4.78, 5) is 21.5. The van der Waals surface area contributed by atoms with E-state index in [2.05, 4.69) is 15.2 Å². The van der Waals surface area contributed by atoms with Crippen LogP contribution in [0.2, 0.25) is 0 Å². The third kappa shape index (κ3) is 3.02. The van der Waals surface area contributed by atoms with Gasteiger partial charge >= 0.3 is 0 Å². The molecule has 0 aromatic carbocycles. The van der Waals surface area contributed by atoms with Gasteiger partial charge in [-0.1, -0.05) is 0 Å². The second-order valence-corrected chi connectivity index (χ2v) is 5.92. The minimum absolute atomic E-state index is 0.138. The standard InChI is InChI=1S/C16H24N4O/c1-17-13-6-11-20(12-7-13)16(21)14-5-4-8-18-15(14)19-9-2-3-10-19/h4-5,8,13,17H,2-3,6-7,9-12H2,1H3. The molecule has 21 heavy (non-hydrogen) atoms. The van der Waals surface area contributed by atoms with Gasteiger partial charge in [-0.15, -0.1) is 0 Å². The Hall–Kier alpha value is -1.62. The molecule has 0 bridgehead atoms. The molecule has 0 spiro atoms. The normalized spacial score (nSPS) is 20.0. The molecule has 5 heteroatoms. The van der Waals surface area contributed by atoms with E-state index >= 15 is 0 Å². The number of hydrogen-bond acceptors (Lipinski definition) is 4. The minimum Gasteiger partial charge on any atom is -0.356 e. The van der Waals surface area contributed by atoms with Gasteiger partial charge in [0.05, 0.1) is 5.56 Å². The molecule has 2 aliphatic rings. The van der Waals surface area contributed by atoms with Crippen molar-refractivity contribution in [3.8, 4) is 0 Å². The average Bonchev–Trinajstić information content (AvgIpc) is 3.08. The molecule has 0 saturated carbocycles. The number of likely N-dealkylation sites (tertiary alicyclic amines) is 1. The van der Waals surface area contributed by atoms with Crippen LogP contribution >= 0.6 is 0 Å². The zero-order valence-corrected chi connectivity index (χ0v) is 12.7. The largest absolute Gasteiger partial charge is 0.356 e. The summed E-state index contributed by atoms with van der Waals surface area (Å²) < 4.78 is 0. The van der Waals surface area contributed by atoms with Crippen LogP contribution in [0.3, 0.4) is 0 Å². The maximum Gasteiger partial charge on any atom is 0.257 e. The lowest BCUT2D eigenvalue weighted by molar-refractivity contribution is 0.0707. The maximum absolute atomic E-state index is 12.8. The molecule has 2 fully saturated rings. The van der Waals surface area contributed by atoms with Crippen molar-refractivity contribution in [2.75, 3.05) is 38.1 Å². The highest BCUT2D eigenvalue weighted by Crippen LogP contribution is 2.24. The highest BCUT2D eigenvalue weighted by Gasteiger charge is 2.26. The van der Waals surface area contributed by atoms with Crippen LogP contribution in [0.5, 0.6) is 0 Å². The number of carbonyl (C=O) groups excluding carboxylic acids is 1. The number of rotatable bonds is 3. The number of anilines is 1. The second-order valence-electron chi connectivity index (χ2n) is 5.92. The first-order valence-corrected chi connectivity index (χ1v) is 7.96. The lowest BCUT2D eigenvalue weighted by Crippen LogP contribution is -2.44. The Labute approximate surface area is 126 Å². The van der Waals surface area contributed by atoms with Gasteiger partial charge in [-0.05, 0) is 44.9 Å². The van der Waals surface area contributed by atoms with Gasteiger partial charge in [-0.2, -0.15) is 0 Å². The summed E-state index contributed by atoms with van der Waals surface area (Å²) in [5.74, 6) is 1.01. The topological polar surface area (TPSA) is 48.5 Å². The molecule has 1 N–H and O–H groups in total. The third-order valence-electron chi connectivity index (χ3n) is 4.61. The average molecular weight is 288 g/mol. The van der Waals surface area contributed by atoms with Gasteiger partial charge in [-0.25, -0.2) is 4.98 Å². The fraction of sp³-hybridized carbons (Fsp3) is 0.625. The van der Waals surface area contributed by atoms with E-state index in [1.807, 2.05) is 24.1 Å². The summed E-state index contributed by atoms with van der Waals surface area (Å²) >= 11 is 0. The molecule has 1 aromatic heterocycles. The first-order chi connectivity index (χ1) is 10.3. The van der Waals surface area contributed by atoms with Gasteiger partial charge in [0, 0.05) is 38.4 Å². The molecule has 0 atom stereocenters. The van der Waals surface area contributed by atoms with Crippen molar-refractivity contribution in [2.45, 2.75) is 31.7 Å². The fourth-order valence-corrected chi connectivity index (χ4v) is 3.29. The Bertz CT molecular complexity index is 491. The van der Waals surface area contributed by atoms with Gasteiger partial charge in [0.15, 0.2) is 0 Å². The van der Waals surface area contributed by atoms with Crippen LogP contribution in [0.15, 0.2) is 18.3 Å². The van der Waals surface area contributed by atoms with Crippen molar-refractivity contribution < 1.29 is 4.79 Å². The molecule has 2 saturated heterocycles. The van der Waals surface area contributed by atoms with Crippen LogP contribution in [-0.4, -0.2) is 55.1 Å². The van der Waals surface area contributed by atoms with E-state index in [1.165, 1.54) is 12.8 Å². The molecule has 1 amide bonds. The summed E-state index contributed by atoms with van der Waals surface area (Å²) in [5.41, 5.74) is 0.766. The quantitative estimate of drug-likeness (QED) is 0.916. The minimum atomic E-state index is 0.138. The van der Waals surface area contributed by atoms with Crippen molar-refractivity contribution in [1.82, 2.24) is 15.2 Å². The van der Waals surface area contributed by atoms with Crippen LogP contribution in [0.25, 0.3) is 0 Å². The van der Waals surface area contributed by atoms with E-state index in [4.69, 9.17) is 0 Å². The van der Waals surface area contributed by atoms with E-state index in [9.17, 15) is 4.79 Å². The summed E-state index contributed by atoms with van der Waals surface area (Å²) in [6, 6.07) is 4.33. The number of nitrogens with zero attached hydrogens (tertiary/aromatic N) is 3. The van der Waals surface area contributed by atoms with Gasteiger partial charge in [0.1, 0.15) is 5.82 Å². The predicted molar refractivity (Wildman–Crippen MR) is 83.7 cm³/mol. The molecule has 1 aromatic rings. The van der Waals surface area contributed by atoms with Crippen LogP contribution in [0.1, 0.15) is 36.0 Å². The lowest BCUT2D eigenvalue weighted by Gasteiger charge is -2.32. The second kappa shape index (κ2) is 6.43. The maximum atomic E-state index is 12.8. The number of pyridine rings is 1. The zero-order chi connectivity index (χ0) is 14.7. The Balaban J connectivity index is 1.75. The smallest absolute Gasteiger partial charge is 0.257 e. The van der Waals surface area contributed by atoms with E-state index in [0.29, 0.717) is 6.04 Å². The van der Waals surface area contributed by atoms with Crippen molar-refractivity contribution in [1.29, 1.82) is 0 Å². The fourth-order valence-electron chi connectivity index (χ4n) is 3.29. The zero-order valence-electron chi connectivity index (χ0n) is 12.7. The summed E-state index contributed by atoms with van der Waals surface area (Å²) in [7, 11) is 1.99. The molecule has 0 aliphatic carbocycles. The molecule has 3 rings (SSSR count). The van der Waals surface area contributed by atoms with Crippen LogP contribution < -0.4 is 10.2 Å². The highest BCUT2D eigenvalue weighted by atomic mass is 16.2. The van der Waals surface area contributed by atoms with Crippen LogP contribution in [0.4, 0.5) is 5.82 Å². The monoisotopic (exact) mass is 288 g/mol. The van der Waals surface area contributed by atoms with Crippen molar-refractivity contribution in [3.05, 3.63) is 23.9 Å². The van der Waals surface area contributed by atoms with Crippen molar-refractivity contribution in [2.24, 2.45) is 0 Å². The van der Waals surface area contributed by atoms with E-state index < -0.39 is 0 Å². The van der Waals surface area contributed by atoms with Crippen molar-refractivity contribution >= 4 is 11.7 Å². The number of aromatic nitrogens is 1.